The minimum Gasteiger partial charge on any atom is -0.399 e. The van der Waals surface area contributed by atoms with Gasteiger partial charge < -0.3 is 17.2 Å². The molecule has 1 aromatic heterocycles. The van der Waals surface area contributed by atoms with Gasteiger partial charge in [0, 0.05) is 45.4 Å². The molecule has 0 amide bonds. The van der Waals surface area contributed by atoms with Crippen molar-refractivity contribution in [3.8, 4) is 11.1 Å². The van der Waals surface area contributed by atoms with E-state index in [1.165, 1.54) is 5.56 Å². The van der Waals surface area contributed by atoms with Crippen molar-refractivity contribution in [3.63, 3.8) is 0 Å². The molecule has 0 atom stereocenters. The van der Waals surface area contributed by atoms with E-state index < -0.39 is 0 Å². The Bertz CT molecular complexity index is 842. The van der Waals surface area contributed by atoms with E-state index >= 15 is 0 Å². The zero-order valence-electron chi connectivity index (χ0n) is 12.6. The lowest BCUT2D eigenvalue weighted by molar-refractivity contribution is 1.10. The maximum atomic E-state index is 6.30. The zero-order chi connectivity index (χ0) is 16.4. The monoisotopic (exact) mass is 343 g/mol. The van der Waals surface area contributed by atoms with Crippen molar-refractivity contribution in [2.75, 3.05) is 11.5 Å². The number of hydrogen-bond acceptors (Lipinski definition) is 4. The van der Waals surface area contributed by atoms with Crippen LogP contribution in [0.15, 0.2) is 47.8 Å². The SMILES string of the molecule is NCc1scc(Cc2ccccc2Cl)c1-c1cc(N)ccc1N. The molecule has 2 aromatic carbocycles. The summed E-state index contributed by atoms with van der Waals surface area (Å²) in [5.74, 6) is 0. The lowest BCUT2D eigenvalue weighted by Crippen LogP contribution is -2.00. The molecule has 0 aliphatic rings. The van der Waals surface area contributed by atoms with Gasteiger partial charge in [-0.3, -0.25) is 0 Å². The molecule has 118 valence electrons. The molecule has 0 radical (unpaired) electrons. The molecule has 0 fully saturated rings. The van der Waals surface area contributed by atoms with Gasteiger partial charge in [-0.1, -0.05) is 29.8 Å². The van der Waals surface area contributed by atoms with E-state index in [1.807, 2.05) is 36.4 Å². The van der Waals surface area contributed by atoms with E-state index in [1.54, 1.807) is 17.4 Å². The second-order valence-electron chi connectivity index (χ2n) is 5.38. The number of thiophene rings is 1. The summed E-state index contributed by atoms with van der Waals surface area (Å²) in [5.41, 5.74) is 23.7. The van der Waals surface area contributed by atoms with Crippen molar-refractivity contribution in [3.05, 3.63) is 68.9 Å². The number of anilines is 2. The second-order valence-corrected chi connectivity index (χ2v) is 6.75. The van der Waals surface area contributed by atoms with Gasteiger partial charge in [-0.15, -0.1) is 11.3 Å². The van der Waals surface area contributed by atoms with Gasteiger partial charge in [0.15, 0.2) is 0 Å². The fourth-order valence-corrected chi connectivity index (χ4v) is 3.82. The first kappa shape index (κ1) is 15.9. The second kappa shape index (κ2) is 6.62. The molecule has 0 aliphatic carbocycles. The standard InChI is InChI=1S/C18H18ClN3S/c19-15-4-2-1-3-11(15)7-12-10-23-17(9-20)18(12)14-8-13(21)5-6-16(14)22/h1-6,8,10H,7,9,20-22H2. The summed E-state index contributed by atoms with van der Waals surface area (Å²) in [6, 6.07) is 13.4. The minimum atomic E-state index is 0.469. The highest BCUT2D eigenvalue weighted by Gasteiger charge is 2.16. The van der Waals surface area contributed by atoms with Gasteiger partial charge in [0.05, 0.1) is 0 Å². The molecule has 0 bridgehead atoms. The maximum absolute atomic E-state index is 6.30. The third kappa shape index (κ3) is 3.20. The van der Waals surface area contributed by atoms with Crippen LogP contribution in [0.2, 0.25) is 5.02 Å². The largest absolute Gasteiger partial charge is 0.399 e. The van der Waals surface area contributed by atoms with Crippen LogP contribution in [0.1, 0.15) is 16.0 Å². The normalized spacial score (nSPS) is 10.9. The Morgan fingerprint density at radius 1 is 1.00 bits per heavy atom. The van der Waals surface area contributed by atoms with Gasteiger partial charge >= 0.3 is 0 Å². The molecule has 3 rings (SSSR count). The predicted octanol–water partition coefficient (Wildman–Crippen LogP) is 4.28. The number of benzene rings is 2. The number of halogens is 1. The fraction of sp³-hybridized carbons (Fsp3) is 0.111. The Morgan fingerprint density at radius 2 is 1.78 bits per heavy atom. The van der Waals surface area contributed by atoms with Crippen molar-refractivity contribution in [2.24, 2.45) is 5.73 Å². The fourth-order valence-electron chi connectivity index (χ4n) is 2.68. The minimum absolute atomic E-state index is 0.469. The Hall–Kier alpha value is -2.01. The first-order valence-corrected chi connectivity index (χ1v) is 8.54. The molecule has 3 nitrogen and oxygen atoms in total. The summed E-state index contributed by atoms with van der Waals surface area (Å²) in [5, 5.41) is 2.89. The molecule has 0 saturated carbocycles. The third-order valence-electron chi connectivity index (χ3n) is 3.81. The molecular formula is C18H18ClN3S. The first-order valence-electron chi connectivity index (χ1n) is 7.28. The Balaban J connectivity index is 2.11. The third-order valence-corrected chi connectivity index (χ3v) is 5.24. The highest BCUT2D eigenvalue weighted by molar-refractivity contribution is 7.10. The Morgan fingerprint density at radius 3 is 2.52 bits per heavy atom. The smallest absolute Gasteiger partial charge is 0.0441 e. The molecule has 1 heterocycles. The number of nitrogen functional groups attached to an aromatic ring is 2. The van der Waals surface area contributed by atoms with Gasteiger partial charge in [-0.05, 0) is 40.8 Å². The average Bonchev–Trinajstić information content (AvgIpc) is 2.94. The summed E-state index contributed by atoms with van der Waals surface area (Å²) in [6.07, 6.45) is 0.736. The highest BCUT2D eigenvalue weighted by Crippen LogP contribution is 2.38. The van der Waals surface area contributed by atoms with Crippen LogP contribution in [-0.4, -0.2) is 0 Å². The summed E-state index contributed by atoms with van der Waals surface area (Å²) >= 11 is 7.95. The van der Waals surface area contributed by atoms with Crippen LogP contribution in [0.3, 0.4) is 0 Å². The summed E-state index contributed by atoms with van der Waals surface area (Å²) < 4.78 is 0. The van der Waals surface area contributed by atoms with Crippen LogP contribution >= 0.6 is 22.9 Å². The summed E-state index contributed by atoms with van der Waals surface area (Å²) in [4.78, 5) is 1.10. The van der Waals surface area contributed by atoms with Gasteiger partial charge in [-0.2, -0.15) is 0 Å². The van der Waals surface area contributed by atoms with Crippen LogP contribution in [0.5, 0.6) is 0 Å². The number of rotatable bonds is 4. The zero-order valence-corrected chi connectivity index (χ0v) is 14.1. The van der Waals surface area contributed by atoms with E-state index in [0.717, 1.165) is 33.0 Å². The van der Waals surface area contributed by atoms with Gasteiger partial charge in [0.25, 0.3) is 0 Å². The molecule has 0 saturated heterocycles. The predicted molar refractivity (Wildman–Crippen MR) is 101 cm³/mol. The summed E-state index contributed by atoms with van der Waals surface area (Å²) in [7, 11) is 0. The van der Waals surface area contributed by atoms with Gasteiger partial charge in [-0.25, -0.2) is 0 Å². The summed E-state index contributed by atoms with van der Waals surface area (Å²) in [6.45, 7) is 0.469. The van der Waals surface area contributed by atoms with E-state index in [9.17, 15) is 0 Å². The lowest BCUT2D eigenvalue weighted by Gasteiger charge is -2.12. The molecule has 0 spiro atoms. The van der Waals surface area contributed by atoms with Crippen LogP contribution in [0, 0.1) is 0 Å². The van der Waals surface area contributed by atoms with Crippen LogP contribution in [0.25, 0.3) is 11.1 Å². The molecular weight excluding hydrogens is 326 g/mol. The Labute approximate surface area is 144 Å². The van der Waals surface area contributed by atoms with Crippen LogP contribution in [-0.2, 0) is 13.0 Å². The lowest BCUT2D eigenvalue weighted by atomic mass is 9.95. The van der Waals surface area contributed by atoms with Crippen LogP contribution in [0.4, 0.5) is 11.4 Å². The first-order chi connectivity index (χ1) is 11.1. The highest BCUT2D eigenvalue weighted by atomic mass is 35.5. The van der Waals surface area contributed by atoms with E-state index in [4.69, 9.17) is 28.8 Å². The average molecular weight is 344 g/mol. The van der Waals surface area contributed by atoms with Crippen molar-refractivity contribution < 1.29 is 0 Å². The molecule has 0 unspecified atom stereocenters. The Kier molecular flexibility index (Phi) is 4.57. The van der Waals surface area contributed by atoms with Crippen molar-refractivity contribution in [2.45, 2.75) is 13.0 Å². The maximum Gasteiger partial charge on any atom is 0.0441 e. The van der Waals surface area contributed by atoms with E-state index in [0.29, 0.717) is 17.9 Å². The topological polar surface area (TPSA) is 78.1 Å². The van der Waals surface area contributed by atoms with Crippen molar-refractivity contribution in [1.29, 1.82) is 0 Å². The van der Waals surface area contributed by atoms with Gasteiger partial charge in [0.1, 0.15) is 0 Å². The quantitative estimate of drug-likeness (QED) is 0.618. The van der Waals surface area contributed by atoms with Crippen molar-refractivity contribution >= 4 is 34.3 Å². The number of hydrogen-bond donors (Lipinski definition) is 3. The molecule has 5 heteroatoms. The van der Waals surface area contributed by atoms with Crippen LogP contribution < -0.4 is 17.2 Å². The molecule has 23 heavy (non-hydrogen) atoms. The molecule has 6 N–H and O–H groups in total. The van der Waals surface area contributed by atoms with Gasteiger partial charge in [0.2, 0.25) is 0 Å². The number of nitrogens with two attached hydrogens (primary N) is 3. The van der Waals surface area contributed by atoms with E-state index in [-0.39, 0.29) is 0 Å². The van der Waals surface area contributed by atoms with Crippen molar-refractivity contribution in [1.82, 2.24) is 0 Å². The molecule has 0 aliphatic heterocycles. The van der Waals surface area contributed by atoms with E-state index in [2.05, 4.69) is 5.38 Å². The molecule has 3 aromatic rings.